The minimum absolute atomic E-state index is 0.0613. The molecule has 4 aromatic rings. The quantitative estimate of drug-likeness (QED) is 0.324. The van der Waals surface area contributed by atoms with Gasteiger partial charge in [-0.25, -0.2) is 4.79 Å². The van der Waals surface area contributed by atoms with E-state index >= 15 is 0 Å². The molecule has 3 N–H and O–H groups in total. The van der Waals surface area contributed by atoms with Crippen molar-refractivity contribution in [2.24, 2.45) is 0 Å². The number of anilines is 1. The molecule has 0 atom stereocenters. The second-order valence-electron chi connectivity index (χ2n) is 7.74. The smallest absolute Gasteiger partial charge is 0.325 e. The summed E-state index contributed by atoms with van der Waals surface area (Å²) in [7, 11) is 0. The number of nitrogens with one attached hydrogen (secondary N) is 3. The number of benzene rings is 2. The molecular formula is C23H19F3N6O3S. The molecule has 36 heavy (non-hydrogen) atoms. The van der Waals surface area contributed by atoms with Crippen molar-refractivity contribution in [2.45, 2.75) is 24.7 Å². The number of aromatic nitrogens is 5. The van der Waals surface area contributed by atoms with Crippen molar-refractivity contribution < 1.29 is 18.0 Å². The molecular weight excluding hydrogens is 497 g/mol. The van der Waals surface area contributed by atoms with E-state index in [4.69, 9.17) is 0 Å². The Balaban J connectivity index is 1.60. The first-order chi connectivity index (χ1) is 17.1. The van der Waals surface area contributed by atoms with Gasteiger partial charge in [-0.1, -0.05) is 36.0 Å². The number of halogens is 3. The lowest BCUT2D eigenvalue weighted by atomic mass is 10.1. The van der Waals surface area contributed by atoms with Crippen molar-refractivity contribution in [3.05, 3.63) is 98.1 Å². The van der Waals surface area contributed by atoms with Gasteiger partial charge in [0.15, 0.2) is 5.16 Å². The summed E-state index contributed by atoms with van der Waals surface area (Å²) in [6.45, 7) is 1.89. The molecule has 186 valence electrons. The van der Waals surface area contributed by atoms with Gasteiger partial charge in [-0.2, -0.15) is 13.2 Å². The standard InChI is InChI=1S/C23H19F3N6O3S/c1-13-5-4-6-15(9-13)32-18(10-14-11-19(33)29-21(35)27-14)30-31-22(32)36-12-20(34)28-17-8-3-2-7-16(17)23(24,25)26/h2-9,11H,10,12H2,1H3,(H,28,34)(H2,27,29,33,35). The Bertz CT molecular complexity index is 1500. The van der Waals surface area contributed by atoms with E-state index in [1.807, 2.05) is 25.1 Å². The van der Waals surface area contributed by atoms with Gasteiger partial charge >= 0.3 is 11.9 Å². The van der Waals surface area contributed by atoms with E-state index in [1.165, 1.54) is 24.3 Å². The van der Waals surface area contributed by atoms with Crippen LogP contribution in [0.4, 0.5) is 18.9 Å². The third kappa shape index (κ3) is 5.92. The van der Waals surface area contributed by atoms with Gasteiger partial charge in [0.2, 0.25) is 5.91 Å². The molecule has 4 rings (SSSR count). The number of carbonyl (C=O) groups excluding carboxylic acids is 1. The van der Waals surface area contributed by atoms with E-state index in [0.717, 1.165) is 23.4 Å². The number of thioether (sulfide) groups is 1. The van der Waals surface area contributed by atoms with Crippen LogP contribution in [0.15, 0.2) is 69.3 Å². The molecule has 9 nitrogen and oxygen atoms in total. The van der Waals surface area contributed by atoms with Crippen molar-refractivity contribution in [3.63, 3.8) is 0 Å². The molecule has 0 aliphatic heterocycles. The number of hydrogen-bond acceptors (Lipinski definition) is 6. The van der Waals surface area contributed by atoms with Gasteiger partial charge in [0.1, 0.15) is 5.82 Å². The van der Waals surface area contributed by atoms with E-state index < -0.39 is 28.9 Å². The topological polar surface area (TPSA) is 126 Å². The van der Waals surface area contributed by atoms with E-state index in [1.54, 1.807) is 10.6 Å². The predicted molar refractivity (Wildman–Crippen MR) is 127 cm³/mol. The zero-order chi connectivity index (χ0) is 25.9. The van der Waals surface area contributed by atoms with E-state index in [0.29, 0.717) is 22.4 Å². The van der Waals surface area contributed by atoms with E-state index in [9.17, 15) is 27.6 Å². The summed E-state index contributed by atoms with van der Waals surface area (Å²) >= 11 is 0.982. The Morgan fingerprint density at radius 1 is 1.06 bits per heavy atom. The molecule has 0 spiro atoms. The Morgan fingerprint density at radius 2 is 1.83 bits per heavy atom. The average molecular weight is 517 g/mol. The van der Waals surface area contributed by atoms with Crippen LogP contribution in [-0.4, -0.2) is 36.4 Å². The number of para-hydroxylation sites is 1. The molecule has 0 radical (unpaired) electrons. The Hall–Kier alpha value is -4.13. The fraction of sp³-hybridized carbons (Fsp3) is 0.174. The van der Waals surface area contributed by atoms with Crippen LogP contribution < -0.4 is 16.6 Å². The van der Waals surface area contributed by atoms with Gasteiger partial charge in [0, 0.05) is 23.9 Å². The molecule has 0 saturated carbocycles. The first kappa shape index (κ1) is 25.0. The predicted octanol–water partition coefficient (Wildman–Crippen LogP) is 3.29. The monoisotopic (exact) mass is 516 g/mol. The summed E-state index contributed by atoms with van der Waals surface area (Å²) in [5.41, 5.74) is -0.592. The molecule has 1 amide bonds. The number of alkyl halides is 3. The number of carbonyl (C=O) groups is 1. The van der Waals surface area contributed by atoms with Crippen molar-refractivity contribution >= 4 is 23.4 Å². The van der Waals surface area contributed by atoms with Crippen molar-refractivity contribution in [2.75, 3.05) is 11.1 Å². The summed E-state index contributed by atoms with van der Waals surface area (Å²) < 4.78 is 41.4. The molecule has 0 bridgehead atoms. The maximum atomic E-state index is 13.2. The minimum atomic E-state index is -4.61. The number of aromatic amines is 2. The van der Waals surface area contributed by atoms with Crippen molar-refractivity contribution in [1.82, 2.24) is 24.7 Å². The molecule has 13 heteroatoms. The number of rotatable bonds is 7. The second kappa shape index (κ2) is 10.2. The van der Waals surface area contributed by atoms with Gasteiger partial charge < -0.3 is 10.3 Å². The zero-order valence-electron chi connectivity index (χ0n) is 18.7. The fourth-order valence-electron chi connectivity index (χ4n) is 3.48. The Kier molecular flexibility index (Phi) is 7.10. The van der Waals surface area contributed by atoms with Crippen molar-refractivity contribution in [3.8, 4) is 5.69 Å². The number of amides is 1. The molecule has 2 heterocycles. The first-order valence-corrected chi connectivity index (χ1v) is 11.5. The van der Waals surface area contributed by atoms with Crippen molar-refractivity contribution in [1.29, 1.82) is 0 Å². The van der Waals surface area contributed by atoms with Gasteiger partial charge in [-0.05, 0) is 36.8 Å². The Labute approximate surface area is 205 Å². The van der Waals surface area contributed by atoms with Crippen LogP contribution in [0.3, 0.4) is 0 Å². The first-order valence-electron chi connectivity index (χ1n) is 10.5. The maximum Gasteiger partial charge on any atom is 0.418 e. The van der Waals surface area contributed by atoms with E-state index in [2.05, 4.69) is 25.5 Å². The number of hydrogen-bond donors (Lipinski definition) is 3. The highest BCUT2D eigenvalue weighted by atomic mass is 32.2. The van der Waals surface area contributed by atoms with Gasteiger partial charge in [0.05, 0.1) is 17.0 Å². The lowest BCUT2D eigenvalue weighted by molar-refractivity contribution is -0.137. The van der Waals surface area contributed by atoms with Crippen LogP contribution in [-0.2, 0) is 17.4 Å². The second-order valence-corrected chi connectivity index (χ2v) is 8.69. The maximum absolute atomic E-state index is 13.2. The summed E-state index contributed by atoms with van der Waals surface area (Å²) in [6.07, 6.45) is -4.55. The molecule has 0 saturated heterocycles. The summed E-state index contributed by atoms with van der Waals surface area (Å²) in [5.74, 6) is -0.513. The molecule has 2 aromatic heterocycles. The zero-order valence-corrected chi connectivity index (χ0v) is 19.5. The van der Waals surface area contributed by atoms with Gasteiger partial charge in [-0.15, -0.1) is 10.2 Å². The molecule has 0 fully saturated rings. The highest BCUT2D eigenvalue weighted by Gasteiger charge is 2.33. The third-order valence-corrected chi connectivity index (χ3v) is 5.89. The lowest BCUT2D eigenvalue weighted by Crippen LogP contribution is -2.23. The highest BCUT2D eigenvalue weighted by molar-refractivity contribution is 7.99. The normalized spacial score (nSPS) is 11.4. The summed E-state index contributed by atoms with van der Waals surface area (Å²) in [4.78, 5) is 40.5. The number of H-pyrrole nitrogens is 2. The van der Waals surface area contributed by atoms with Gasteiger partial charge in [-0.3, -0.25) is 19.1 Å². The third-order valence-electron chi connectivity index (χ3n) is 4.96. The largest absolute Gasteiger partial charge is 0.418 e. The molecule has 0 unspecified atom stereocenters. The summed E-state index contributed by atoms with van der Waals surface area (Å²) in [6, 6.07) is 13.3. The lowest BCUT2D eigenvalue weighted by Gasteiger charge is -2.14. The molecule has 0 aliphatic carbocycles. The van der Waals surface area contributed by atoms with Crippen LogP contribution >= 0.6 is 11.8 Å². The highest BCUT2D eigenvalue weighted by Crippen LogP contribution is 2.34. The minimum Gasteiger partial charge on any atom is -0.325 e. The van der Waals surface area contributed by atoms with Crippen LogP contribution in [0, 0.1) is 6.92 Å². The molecule has 2 aromatic carbocycles. The van der Waals surface area contributed by atoms with Crippen LogP contribution in [0.2, 0.25) is 0 Å². The fourth-order valence-corrected chi connectivity index (χ4v) is 4.25. The van der Waals surface area contributed by atoms with E-state index in [-0.39, 0.29) is 17.9 Å². The van der Waals surface area contributed by atoms with Crippen LogP contribution in [0.5, 0.6) is 0 Å². The molecule has 0 aliphatic rings. The van der Waals surface area contributed by atoms with Crippen LogP contribution in [0.25, 0.3) is 5.69 Å². The average Bonchev–Trinajstić information content (AvgIpc) is 3.19. The number of aryl methyl sites for hydroxylation is 1. The van der Waals surface area contributed by atoms with Crippen LogP contribution in [0.1, 0.15) is 22.6 Å². The number of nitrogens with zero attached hydrogens (tertiary/aromatic N) is 3. The SMILES string of the molecule is Cc1cccc(-n2c(Cc3cc(=O)[nH]c(=O)[nH]3)nnc2SCC(=O)Nc2ccccc2C(F)(F)F)c1. The van der Waals surface area contributed by atoms with Gasteiger partial charge in [0.25, 0.3) is 5.56 Å². The summed E-state index contributed by atoms with van der Waals surface area (Å²) in [5, 5.41) is 10.9. The Morgan fingerprint density at radius 3 is 2.56 bits per heavy atom.